The number of nitrogens with zero attached hydrogens (tertiary/aromatic N) is 2. The number of pyridine rings is 1. The molecule has 0 aliphatic rings. The van der Waals surface area contributed by atoms with Crippen LogP contribution < -0.4 is 10.7 Å². The number of thiophene rings is 1. The maximum absolute atomic E-state index is 11.8. The van der Waals surface area contributed by atoms with Crippen LogP contribution in [0.2, 0.25) is 0 Å². The number of carbonyl (C=O) groups is 2. The molecule has 0 saturated heterocycles. The largest absolute Gasteiger partial charge is 0.342 e. The van der Waals surface area contributed by atoms with Crippen LogP contribution >= 0.6 is 11.3 Å². The minimum absolute atomic E-state index is 0.170. The van der Waals surface area contributed by atoms with E-state index in [0.717, 1.165) is 15.6 Å². The Kier molecular flexibility index (Phi) is 4.93. The molecule has 0 saturated carbocycles. The highest BCUT2D eigenvalue weighted by atomic mass is 32.1. The van der Waals surface area contributed by atoms with Crippen LogP contribution in [0.1, 0.15) is 16.1 Å². The lowest BCUT2D eigenvalue weighted by Gasteiger charge is -2.03. The molecule has 0 atom stereocenters. The number of aromatic nitrogens is 1. The van der Waals surface area contributed by atoms with E-state index in [4.69, 9.17) is 0 Å². The fourth-order valence-corrected chi connectivity index (χ4v) is 2.97. The van der Waals surface area contributed by atoms with Crippen molar-refractivity contribution in [2.45, 2.75) is 0 Å². The number of hydrazone groups is 1. The number of hydrogen-bond donors (Lipinski definition) is 2. The van der Waals surface area contributed by atoms with Gasteiger partial charge in [-0.2, -0.15) is 5.10 Å². The molecule has 6 nitrogen and oxygen atoms in total. The van der Waals surface area contributed by atoms with Crippen molar-refractivity contribution in [1.29, 1.82) is 0 Å². The van der Waals surface area contributed by atoms with Gasteiger partial charge in [0, 0.05) is 27.2 Å². The molecule has 2 N–H and O–H groups in total. The molecule has 0 fully saturated rings. The van der Waals surface area contributed by atoms with E-state index >= 15 is 0 Å². The second-order valence-corrected chi connectivity index (χ2v) is 5.79. The molecule has 1 aromatic carbocycles. The zero-order valence-corrected chi connectivity index (χ0v) is 13.4. The van der Waals surface area contributed by atoms with Crippen molar-refractivity contribution in [3.63, 3.8) is 0 Å². The monoisotopic (exact) mass is 338 g/mol. The Bertz CT molecular complexity index is 890. The van der Waals surface area contributed by atoms with Crippen molar-refractivity contribution in [3.8, 4) is 0 Å². The lowest BCUT2D eigenvalue weighted by molar-refractivity contribution is -0.120. The van der Waals surface area contributed by atoms with Crippen LogP contribution in [-0.4, -0.2) is 29.6 Å². The number of rotatable bonds is 5. The first-order valence-corrected chi connectivity index (χ1v) is 8.09. The van der Waals surface area contributed by atoms with Crippen LogP contribution in [0.4, 0.5) is 0 Å². The summed E-state index contributed by atoms with van der Waals surface area (Å²) in [5.41, 5.74) is 3.59. The summed E-state index contributed by atoms with van der Waals surface area (Å²) in [6.45, 7) is -0.170. The summed E-state index contributed by atoms with van der Waals surface area (Å²) in [6.07, 6.45) is 3.11. The summed E-state index contributed by atoms with van der Waals surface area (Å²) in [7, 11) is 0. The lowest BCUT2D eigenvalue weighted by Crippen LogP contribution is -2.35. The normalized spacial score (nSPS) is 10.8. The first kappa shape index (κ1) is 15.8. The Morgan fingerprint density at radius 1 is 1.17 bits per heavy atom. The van der Waals surface area contributed by atoms with E-state index in [1.165, 1.54) is 6.20 Å². The summed E-state index contributed by atoms with van der Waals surface area (Å²) >= 11 is 1.62. The molecule has 2 amide bonds. The molecule has 0 radical (unpaired) electrons. The van der Waals surface area contributed by atoms with E-state index in [1.807, 2.05) is 29.6 Å². The van der Waals surface area contributed by atoms with Crippen molar-refractivity contribution >= 4 is 39.5 Å². The Morgan fingerprint density at radius 2 is 2.00 bits per heavy atom. The third-order valence-electron chi connectivity index (χ3n) is 3.21. The molecule has 0 aliphatic carbocycles. The number of fused-ring (bicyclic) bond motifs is 1. The number of benzene rings is 1. The zero-order valence-electron chi connectivity index (χ0n) is 12.6. The molecular formula is C17H14N4O2S. The highest BCUT2D eigenvalue weighted by Crippen LogP contribution is 2.23. The second-order valence-electron chi connectivity index (χ2n) is 4.88. The van der Waals surface area contributed by atoms with Crippen molar-refractivity contribution in [3.05, 3.63) is 65.3 Å². The van der Waals surface area contributed by atoms with Gasteiger partial charge in [-0.1, -0.05) is 24.3 Å². The van der Waals surface area contributed by atoms with Crippen LogP contribution in [0.3, 0.4) is 0 Å². The average Bonchev–Trinajstić information content (AvgIpc) is 3.04. The molecule has 2 aromatic heterocycles. The molecular weight excluding hydrogens is 324 g/mol. The third kappa shape index (κ3) is 3.82. The Labute approximate surface area is 142 Å². The van der Waals surface area contributed by atoms with Crippen LogP contribution in [0.5, 0.6) is 0 Å². The fraction of sp³-hybridized carbons (Fsp3) is 0.0588. The topological polar surface area (TPSA) is 83.5 Å². The predicted octanol–water partition coefficient (Wildman–Crippen LogP) is 2.18. The van der Waals surface area contributed by atoms with Gasteiger partial charge in [0.05, 0.1) is 12.8 Å². The molecule has 7 heteroatoms. The van der Waals surface area contributed by atoms with Crippen molar-refractivity contribution in [2.75, 3.05) is 6.54 Å². The molecule has 3 rings (SSSR count). The number of amides is 2. The first-order valence-electron chi connectivity index (χ1n) is 7.21. The maximum Gasteiger partial charge on any atom is 0.270 e. The van der Waals surface area contributed by atoms with Gasteiger partial charge in [0.2, 0.25) is 0 Å². The van der Waals surface area contributed by atoms with Crippen molar-refractivity contribution < 1.29 is 9.59 Å². The number of carbonyl (C=O) groups excluding carboxylic acids is 2. The minimum Gasteiger partial charge on any atom is -0.342 e. The molecule has 2 heterocycles. The molecule has 24 heavy (non-hydrogen) atoms. The van der Waals surface area contributed by atoms with E-state index in [2.05, 4.69) is 20.8 Å². The summed E-state index contributed by atoms with van der Waals surface area (Å²) in [5, 5.41) is 9.48. The van der Waals surface area contributed by atoms with Crippen molar-refractivity contribution in [2.24, 2.45) is 5.10 Å². The van der Waals surface area contributed by atoms with E-state index in [1.54, 1.807) is 35.8 Å². The molecule has 0 unspecified atom stereocenters. The summed E-state index contributed by atoms with van der Waals surface area (Å²) in [4.78, 5) is 27.4. The highest BCUT2D eigenvalue weighted by Gasteiger charge is 2.08. The van der Waals surface area contributed by atoms with Gasteiger partial charge in [-0.05, 0) is 18.2 Å². The number of nitrogens with one attached hydrogen (secondary N) is 2. The molecule has 0 aliphatic heterocycles. The Morgan fingerprint density at radius 3 is 2.83 bits per heavy atom. The van der Waals surface area contributed by atoms with E-state index in [-0.39, 0.29) is 12.2 Å². The zero-order chi connectivity index (χ0) is 16.8. The SMILES string of the molecule is O=C(CNC(=O)c1ccccn1)NN=Cc1csc2ccccc12. The summed E-state index contributed by atoms with van der Waals surface area (Å²) < 4.78 is 1.16. The van der Waals surface area contributed by atoms with Crippen LogP contribution in [-0.2, 0) is 4.79 Å². The summed E-state index contributed by atoms with van der Waals surface area (Å²) in [5.74, 6) is -0.811. The molecule has 0 bridgehead atoms. The average molecular weight is 338 g/mol. The lowest BCUT2D eigenvalue weighted by atomic mass is 10.2. The van der Waals surface area contributed by atoms with Gasteiger partial charge < -0.3 is 5.32 Å². The Balaban J connectivity index is 1.51. The van der Waals surface area contributed by atoms with E-state index in [0.29, 0.717) is 0 Å². The first-order chi connectivity index (χ1) is 11.7. The standard InChI is InChI=1S/C17H14N4O2S/c22-16(10-19-17(23)14-6-3-4-8-18-14)21-20-9-12-11-24-15-7-2-1-5-13(12)15/h1-9,11H,10H2,(H,19,23)(H,21,22). The number of hydrogen-bond acceptors (Lipinski definition) is 5. The van der Waals surface area contributed by atoms with Crippen molar-refractivity contribution in [1.82, 2.24) is 15.7 Å². The van der Waals surface area contributed by atoms with Crippen LogP contribution in [0.15, 0.2) is 59.1 Å². The highest BCUT2D eigenvalue weighted by molar-refractivity contribution is 7.17. The van der Waals surface area contributed by atoms with E-state index in [9.17, 15) is 9.59 Å². The van der Waals surface area contributed by atoms with Gasteiger partial charge >= 0.3 is 0 Å². The fourth-order valence-electron chi connectivity index (χ4n) is 2.06. The second kappa shape index (κ2) is 7.47. The third-order valence-corrected chi connectivity index (χ3v) is 4.19. The van der Waals surface area contributed by atoms with Gasteiger partial charge in [0.15, 0.2) is 0 Å². The summed E-state index contributed by atoms with van der Waals surface area (Å²) in [6, 6.07) is 13.0. The minimum atomic E-state index is -0.407. The smallest absolute Gasteiger partial charge is 0.270 e. The maximum atomic E-state index is 11.8. The van der Waals surface area contributed by atoms with Crippen LogP contribution in [0.25, 0.3) is 10.1 Å². The van der Waals surface area contributed by atoms with Crippen LogP contribution in [0, 0.1) is 0 Å². The Hall–Kier alpha value is -3.06. The van der Waals surface area contributed by atoms with Gasteiger partial charge in [0.25, 0.3) is 11.8 Å². The predicted molar refractivity (Wildman–Crippen MR) is 94.1 cm³/mol. The van der Waals surface area contributed by atoms with Gasteiger partial charge in [-0.25, -0.2) is 5.43 Å². The van der Waals surface area contributed by atoms with Gasteiger partial charge in [-0.15, -0.1) is 11.3 Å². The molecule has 3 aromatic rings. The van der Waals surface area contributed by atoms with Gasteiger partial charge in [-0.3, -0.25) is 14.6 Å². The quantitative estimate of drug-likeness (QED) is 0.552. The molecule has 120 valence electrons. The van der Waals surface area contributed by atoms with Gasteiger partial charge in [0.1, 0.15) is 5.69 Å². The molecule has 0 spiro atoms. The van der Waals surface area contributed by atoms with E-state index < -0.39 is 11.8 Å².